The zero-order valence-corrected chi connectivity index (χ0v) is 18.8. The first-order valence-electron chi connectivity index (χ1n) is 9.98. The third-order valence-electron chi connectivity index (χ3n) is 3.64. The Kier molecular flexibility index (Phi) is 16.6. The molecule has 0 aliphatic carbocycles. The van der Waals surface area contributed by atoms with Crippen LogP contribution in [0.4, 0.5) is 13.2 Å². The van der Waals surface area contributed by atoms with Gasteiger partial charge in [-0.25, -0.2) is 0 Å². The lowest BCUT2D eigenvalue weighted by atomic mass is 10.0. The largest absolute Gasteiger partial charge is 0.416 e. The number of aliphatic hydroxyl groups excluding tert-OH is 2. The standard InChI is InChI=1S/C10H11F3O.C9H11ClO.2C2H6/c1-2-9(14)7-4-3-5-8(6-7)10(11,12)13;1-2-9(11)7-5-3-4-6-8(7)10;2*1-2/h3-6,9,14H,2H2,1H3;3-6,9,11H,2H2,1H3;2*1-2H3. The number of hydrogen-bond acceptors (Lipinski definition) is 2. The molecule has 0 saturated heterocycles. The molecule has 0 amide bonds. The van der Waals surface area contributed by atoms with Crippen LogP contribution in [-0.2, 0) is 6.18 Å². The van der Waals surface area contributed by atoms with E-state index in [2.05, 4.69) is 0 Å². The third kappa shape index (κ3) is 11.3. The number of rotatable bonds is 4. The van der Waals surface area contributed by atoms with Crippen molar-refractivity contribution < 1.29 is 23.4 Å². The summed E-state index contributed by atoms with van der Waals surface area (Å²) in [6.07, 6.45) is -4.49. The van der Waals surface area contributed by atoms with Crippen LogP contribution < -0.4 is 0 Å². The van der Waals surface area contributed by atoms with Crippen molar-refractivity contribution >= 4 is 11.6 Å². The fourth-order valence-electron chi connectivity index (χ4n) is 2.12. The van der Waals surface area contributed by atoms with Gasteiger partial charge in [-0.15, -0.1) is 0 Å². The first kappa shape index (κ1) is 29.6. The molecule has 2 rings (SSSR count). The van der Waals surface area contributed by atoms with Gasteiger partial charge in [-0.3, -0.25) is 0 Å². The Labute approximate surface area is 178 Å². The molecule has 166 valence electrons. The SMILES string of the molecule is CC.CC.CCC(O)c1cccc(C(F)(F)F)c1.CCC(O)c1ccccc1Cl. The van der Waals surface area contributed by atoms with Crippen molar-refractivity contribution in [1.82, 2.24) is 0 Å². The van der Waals surface area contributed by atoms with Gasteiger partial charge in [-0.05, 0) is 42.2 Å². The fourth-order valence-corrected chi connectivity index (χ4v) is 2.38. The Hall–Kier alpha value is -1.56. The summed E-state index contributed by atoms with van der Waals surface area (Å²) >= 11 is 5.84. The molecule has 0 radical (unpaired) electrons. The second-order valence-electron chi connectivity index (χ2n) is 5.49. The van der Waals surface area contributed by atoms with Crippen LogP contribution >= 0.6 is 11.6 Å². The highest BCUT2D eigenvalue weighted by atomic mass is 35.5. The molecule has 2 nitrogen and oxygen atoms in total. The summed E-state index contributed by atoms with van der Waals surface area (Å²) in [4.78, 5) is 0. The number of aliphatic hydroxyl groups is 2. The summed E-state index contributed by atoms with van der Waals surface area (Å²) in [5, 5.41) is 19.4. The zero-order valence-electron chi connectivity index (χ0n) is 18.1. The molecule has 0 fully saturated rings. The molecule has 0 spiro atoms. The molecule has 2 unspecified atom stereocenters. The topological polar surface area (TPSA) is 40.5 Å². The van der Waals surface area contributed by atoms with E-state index in [1.807, 2.05) is 52.8 Å². The zero-order chi connectivity index (χ0) is 23.0. The molecule has 2 aromatic rings. The minimum absolute atomic E-state index is 0.308. The van der Waals surface area contributed by atoms with Gasteiger partial charge in [0.15, 0.2) is 0 Å². The van der Waals surface area contributed by atoms with Crippen molar-refractivity contribution in [1.29, 1.82) is 0 Å². The lowest BCUT2D eigenvalue weighted by molar-refractivity contribution is -0.137. The van der Waals surface area contributed by atoms with Crippen molar-refractivity contribution in [3.63, 3.8) is 0 Å². The fraction of sp³-hybridized carbons (Fsp3) is 0.478. The van der Waals surface area contributed by atoms with Crippen LogP contribution in [0.15, 0.2) is 48.5 Å². The molecule has 2 atom stereocenters. The van der Waals surface area contributed by atoms with Crippen molar-refractivity contribution in [2.75, 3.05) is 0 Å². The lowest BCUT2D eigenvalue weighted by Crippen LogP contribution is -2.06. The van der Waals surface area contributed by atoms with Crippen LogP contribution in [0.1, 0.15) is 83.3 Å². The third-order valence-corrected chi connectivity index (χ3v) is 3.98. The summed E-state index contributed by atoms with van der Waals surface area (Å²) in [6, 6.07) is 12.1. The normalized spacial score (nSPS) is 12.1. The Morgan fingerprint density at radius 1 is 0.828 bits per heavy atom. The van der Waals surface area contributed by atoms with Crippen LogP contribution in [0.3, 0.4) is 0 Å². The highest BCUT2D eigenvalue weighted by molar-refractivity contribution is 6.31. The van der Waals surface area contributed by atoms with Crippen molar-refractivity contribution in [2.24, 2.45) is 0 Å². The second kappa shape index (κ2) is 16.3. The molecule has 2 N–H and O–H groups in total. The summed E-state index contributed by atoms with van der Waals surface area (Å²) in [7, 11) is 0. The smallest absolute Gasteiger partial charge is 0.388 e. The summed E-state index contributed by atoms with van der Waals surface area (Å²) in [5.41, 5.74) is 0.404. The predicted molar refractivity (Wildman–Crippen MR) is 116 cm³/mol. The first-order valence-corrected chi connectivity index (χ1v) is 10.4. The second-order valence-corrected chi connectivity index (χ2v) is 5.90. The number of alkyl halides is 3. The van der Waals surface area contributed by atoms with Crippen molar-refractivity contribution in [2.45, 2.75) is 72.8 Å². The van der Waals surface area contributed by atoms with Crippen LogP contribution in [0.25, 0.3) is 0 Å². The molecular weight excluding hydrogens is 401 g/mol. The molecule has 0 heterocycles. The van der Waals surface area contributed by atoms with Crippen molar-refractivity contribution in [3.05, 3.63) is 70.2 Å². The monoisotopic (exact) mass is 434 g/mol. The van der Waals surface area contributed by atoms with Crippen LogP contribution in [0.5, 0.6) is 0 Å². The van der Waals surface area contributed by atoms with E-state index in [1.54, 1.807) is 13.0 Å². The Balaban J connectivity index is 0. The van der Waals surface area contributed by atoms with E-state index in [-0.39, 0.29) is 0 Å². The van der Waals surface area contributed by atoms with E-state index in [1.165, 1.54) is 12.1 Å². The van der Waals surface area contributed by atoms with Crippen LogP contribution in [-0.4, -0.2) is 10.2 Å². The molecular formula is C23H34ClF3O2. The summed E-state index contributed by atoms with van der Waals surface area (Å²) in [5.74, 6) is 0. The van der Waals surface area contributed by atoms with E-state index < -0.39 is 23.9 Å². The molecule has 0 aliphatic rings. The number of hydrogen-bond donors (Lipinski definition) is 2. The van der Waals surface area contributed by atoms with Gasteiger partial charge < -0.3 is 10.2 Å². The van der Waals surface area contributed by atoms with Gasteiger partial charge in [0.1, 0.15) is 0 Å². The van der Waals surface area contributed by atoms with Gasteiger partial charge >= 0.3 is 6.18 Å². The molecule has 6 heteroatoms. The molecule has 0 bridgehead atoms. The highest BCUT2D eigenvalue weighted by Crippen LogP contribution is 2.31. The average Bonchev–Trinajstić information content (AvgIpc) is 2.75. The van der Waals surface area contributed by atoms with Crippen LogP contribution in [0, 0.1) is 0 Å². The minimum atomic E-state index is -4.34. The number of halogens is 4. The maximum atomic E-state index is 12.3. The molecule has 0 saturated carbocycles. The minimum Gasteiger partial charge on any atom is -0.388 e. The van der Waals surface area contributed by atoms with Gasteiger partial charge in [0.2, 0.25) is 0 Å². The maximum Gasteiger partial charge on any atom is 0.416 e. The quantitative estimate of drug-likeness (QED) is 0.511. The van der Waals surface area contributed by atoms with E-state index in [0.717, 1.165) is 17.7 Å². The summed E-state index contributed by atoms with van der Waals surface area (Å²) in [6.45, 7) is 11.6. The Morgan fingerprint density at radius 3 is 1.79 bits per heavy atom. The molecule has 0 aromatic heterocycles. The predicted octanol–water partition coefficient (Wildman–Crippen LogP) is 7.98. The Morgan fingerprint density at radius 2 is 1.34 bits per heavy atom. The van der Waals surface area contributed by atoms with Crippen molar-refractivity contribution in [3.8, 4) is 0 Å². The summed E-state index contributed by atoms with van der Waals surface area (Å²) < 4.78 is 36.8. The number of benzene rings is 2. The Bertz CT molecular complexity index is 661. The van der Waals surface area contributed by atoms with E-state index in [0.29, 0.717) is 23.4 Å². The van der Waals surface area contributed by atoms with Crippen LogP contribution in [0.2, 0.25) is 5.02 Å². The van der Waals surface area contributed by atoms with E-state index >= 15 is 0 Å². The van der Waals surface area contributed by atoms with Gasteiger partial charge in [-0.2, -0.15) is 13.2 Å². The van der Waals surface area contributed by atoms with E-state index in [4.69, 9.17) is 11.6 Å². The maximum absolute atomic E-state index is 12.3. The molecule has 29 heavy (non-hydrogen) atoms. The highest BCUT2D eigenvalue weighted by Gasteiger charge is 2.30. The van der Waals surface area contributed by atoms with E-state index in [9.17, 15) is 23.4 Å². The van der Waals surface area contributed by atoms with Gasteiger partial charge in [-0.1, -0.05) is 83.5 Å². The van der Waals surface area contributed by atoms with Gasteiger partial charge in [0.25, 0.3) is 0 Å². The lowest BCUT2D eigenvalue weighted by Gasteiger charge is -2.11. The molecule has 0 aliphatic heterocycles. The van der Waals surface area contributed by atoms with Gasteiger partial charge in [0, 0.05) is 5.02 Å². The average molecular weight is 435 g/mol. The first-order chi connectivity index (χ1) is 13.7. The molecule has 2 aromatic carbocycles. The van der Waals surface area contributed by atoms with Gasteiger partial charge in [0.05, 0.1) is 17.8 Å².